The molecule has 1 N–H and O–H groups in total. The normalized spacial score (nSPS) is 27.9. The van der Waals surface area contributed by atoms with E-state index in [-0.39, 0.29) is 22.9 Å². The van der Waals surface area contributed by atoms with E-state index < -0.39 is 0 Å². The summed E-state index contributed by atoms with van der Waals surface area (Å²) in [5, 5.41) is 3.37. The topological polar surface area (TPSA) is 32.3 Å². The summed E-state index contributed by atoms with van der Waals surface area (Å²) in [6, 6.07) is 8.75. The highest BCUT2D eigenvalue weighted by atomic mass is 16.2. The van der Waals surface area contributed by atoms with Crippen LogP contribution >= 0.6 is 0 Å². The fourth-order valence-electron chi connectivity index (χ4n) is 3.79. The fraction of sp³-hybridized carbons (Fsp3) is 0.588. The monoisotopic (exact) mass is 272 g/mol. The molecule has 0 spiro atoms. The van der Waals surface area contributed by atoms with Gasteiger partial charge in [-0.15, -0.1) is 0 Å². The van der Waals surface area contributed by atoms with Crippen LogP contribution in [0.4, 0.5) is 0 Å². The predicted molar refractivity (Wildman–Crippen MR) is 80.1 cm³/mol. The average Bonchev–Trinajstić information content (AvgIpc) is 2.65. The summed E-state index contributed by atoms with van der Waals surface area (Å²) >= 11 is 0. The predicted octanol–water partition coefficient (Wildman–Crippen LogP) is 2.86. The number of carbonyl (C=O) groups excluding carboxylic acids is 1. The SMILES string of the molecule is Cc1cccc(C2NCC(=O)N2C2C(C)(C)C2(C)C)c1. The maximum absolute atomic E-state index is 12.4. The van der Waals surface area contributed by atoms with Gasteiger partial charge in [-0.1, -0.05) is 57.5 Å². The molecule has 1 unspecified atom stereocenters. The number of hydrogen-bond acceptors (Lipinski definition) is 2. The number of hydrogen-bond donors (Lipinski definition) is 1. The zero-order valence-corrected chi connectivity index (χ0v) is 13.0. The second-order valence-electron chi connectivity index (χ2n) is 7.34. The van der Waals surface area contributed by atoms with Gasteiger partial charge in [0.1, 0.15) is 6.17 Å². The number of amides is 1. The molecule has 108 valence electrons. The van der Waals surface area contributed by atoms with Gasteiger partial charge in [-0.05, 0) is 23.3 Å². The largest absolute Gasteiger partial charge is 0.318 e. The van der Waals surface area contributed by atoms with E-state index in [9.17, 15) is 4.79 Å². The summed E-state index contributed by atoms with van der Waals surface area (Å²) in [6.07, 6.45) is 0.0217. The van der Waals surface area contributed by atoms with Crippen molar-refractivity contribution in [1.82, 2.24) is 10.2 Å². The van der Waals surface area contributed by atoms with Gasteiger partial charge < -0.3 is 4.90 Å². The summed E-state index contributed by atoms with van der Waals surface area (Å²) in [5.74, 6) is 0.222. The lowest BCUT2D eigenvalue weighted by molar-refractivity contribution is -0.129. The molecule has 2 fully saturated rings. The van der Waals surface area contributed by atoms with Crippen LogP contribution in [-0.2, 0) is 4.79 Å². The van der Waals surface area contributed by atoms with E-state index in [1.165, 1.54) is 11.1 Å². The Balaban J connectivity index is 1.95. The lowest BCUT2D eigenvalue weighted by atomic mass is 10.0. The lowest BCUT2D eigenvalue weighted by Crippen LogP contribution is -2.35. The molecule has 1 aromatic rings. The van der Waals surface area contributed by atoms with Crippen molar-refractivity contribution in [2.45, 2.75) is 46.8 Å². The number of benzene rings is 1. The van der Waals surface area contributed by atoms with Gasteiger partial charge in [0, 0.05) is 6.04 Å². The number of aryl methyl sites for hydroxylation is 1. The van der Waals surface area contributed by atoms with Crippen molar-refractivity contribution >= 4 is 5.91 Å². The molecule has 1 aliphatic heterocycles. The second kappa shape index (κ2) is 4.08. The van der Waals surface area contributed by atoms with Crippen LogP contribution in [-0.4, -0.2) is 23.4 Å². The second-order valence-corrected chi connectivity index (χ2v) is 7.34. The third-order valence-corrected chi connectivity index (χ3v) is 5.59. The molecule has 0 bridgehead atoms. The minimum Gasteiger partial charge on any atom is -0.318 e. The van der Waals surface area contributed by atoms with Gasteiger partial charge in [-0.2, -0.15) is 0 Å². The lowest BCUT2D eigenvalue weighted by Gasteiger charge is -2.27. The van der Waals surface area contributed by atoms with E-state index in [2.05, 4.69) is 69.1 Å². The van der Waals surface area contributed by atoms with Crippen molar-refractivity contribution < 1.29 is 4.79 Å². The third kappa shape index (κ3) is 1.72. The van der Waals surface area contributed by atoms with Gasteiger partial charge in [-0.25, -0.2) is 0 Å². The molecule has 1 saturated heterocycles. The number of rotatable bonds is 2. The molecule has 1 atom stereocenters. The molecular weight excluding hydrogens is 248 g/mol. The van der Waals surface area contributed by atoms with Crippen molar-refractivity contribution in [2.24, 2.45) is 10.8 Å². The van der Waals surface area contributed by atoms with Crippen LogP contribution in [0.5, 0.6) is 0 Å². The molecule has 3 heteroatoms. The molecule has 1 saturated carbocycles. The quantitative estimate of drug-likeness (QED) is 0.898. The maximum atomic E-state index is 12.4. The molecule has 2 aliphatic rings. The van der Waals surface area contributed by atoms with Gasteiger partial charge in [0.25, 0.3) is 0 Å². The van der Waals surface area contributed by atoms with Gasteiger partial charge in [0.2, 0.25) is 5.91 Å². The minimum absolute atomic E-state index is 0.0217. The molecule has 1 amide bonds. The molecule has 1 aliphatic carbocycles. The Hall–Kier alpha value is -1.35. The Bertz CT molecular complexity index is 548. The summed E-state index contributed by atoms with van der Waals surface area (Å²) in [4.78, 5) is 14.4. The Morgan fingerprint density at radius 1 is 1.20 bits per heavy atom. The number of nitrogens with zero attached hydrogens (tertiary/aromatic N) is 1. The smallest absolute Gasteiger partial charge is 0.238 e. The third-order valence-electron chi connectivity index (χ3n) is 5.59. The highest BCUT2D eigenvalue weighted by Gasteiger charge is 2.69. The Labute approximate surface area is 121 Å². The zero-order chi connectivity index (χ0) is 14.7. The summed E-state index contributed by atoms with van der Waals surface area (Å²) < 4.78 is 0. The van der Waals surface area contributed by atoms with E-state index in [0.29, 0.717) is 12.6 Å². The highest BCUT2D eigenvalue weighted by molar-refractivity contribution is 5.82. The van der Waals surface area contributed by atoms with E-state index >= 15 is 0 Å². The number of nitrogens with one attached hydrogen (secondary N) is 1. The van der Waals surface area contributed by atoms with Gasteiger partial charge in [0.05, 0.1) is 6.54 Å². The van der Waals surface area contributed by atoms with E-state index in [1.807, 2.05) is 0 Å². The van der Waals surface area contributed by atoms with E-state index in [4.69, 9.17) is 0 Å². The van der Waals surface area contributed by atoms with Crippen LogP contribution < -0.4 is 5.32 Å². The first-order valence-corrected chi connectivity index (χ1v) is 7.38. The number of carbonyl (C=O) groups is 1. The molecule has 0 aromatic heterocycles. The summed E-state index contributed by atoms with van der Waals surface area (Å²) in [5.41, 5.74) is 2.78. The molecule has 0 radical (unpaired) electrons. The average molecular weight is 272 g/mol. The molecule has 1 heterocycles. The van der Waals surface area contributed by atoms with Gasteiger partial charge >= 0.3 is 0 Å². The summed E-state index contributed by atoms with van der Waals surface area (Å²) in [6.45, 7) is 11.6. The molecule has 3 nitrogen and oxygen atoms in total. The maximum Gasteiger partial charge on any atom is 0.238 e. The van der Waals surface area contributed by atoms with Crippen LogP contribution in [0, 0.1) is 17.8 Å². The van der Waals surface area contributed by atoms with Crippen molar-refractivity contribution in [1.29, 1.82) is 0 Å². The first-order valence-electron chi connectivity index (χ1n) is 7.38. The van der Waals surface area contributed by atoms with Crippen LogP contribution in [0.2, 0.25) is 0 Å². The zero-order valence-electron chi connectivity index (χ0n) is 13.0. The van der Waals surface area contributed by atoms with Crippen molar-refractivity contribution in [2.75, 3.05) is 6.54 Å². The first-order chi connectivity index (χ1) is 9.26. The van der Waals surface area contributed by atoms with Gasteiger partial charge in [0.15, 0.2) is 0 Å². The van der Waals surface area contributed by atoms with Crippen LogP contribution in [0.3, 0.4) is 0 Å². The van der Waals surface area contributed by atoms with Crippen molar-refractivity contribution in [3.8, 4) is 0 Å². The van der Waals surface area contributed by atoms with E-state index in [0.717, 1.165) is 0 Å². The van der Waals surface area contributed by atoms with Crippen molar-refractivity contribution in [3.63, 3.8) is 0 Å². The molecular formula is C17H24N2O. The van der Waals surface area contributed by atoms with Crippen molar-refractivity contribution in [3.05, 3.63) is 35.4 Å². The van der Waals surface area contributed by atoms with E-state index in [1.54, 1.807) is 0 Å². The van der Waals surface area contributed by atoms with Crippen LogP contribution in [0.15, 0.2) is 24.3 Å². The molecule has 3 rings (SSSR count). The van der Waals surface area contributed by atoms with Crippen LogP contribution in [0.25, 0.3) is 0 Å². The highest BCUT2D eigenvalue weighted by Crippen LogP contribution is 2.66. The first kappa shape index (κ1) is 13.6. The minimum atomic E-state index is 0.0217. The van der Waals surface area contributed by atoms with Gasteiger partial charge in [-0.3, -0.25) is 10.1 Å². The molecule has 20 heavy (non-hydrogen) atoms. The summed E-state index contributed by atoms with van der Waals surface area (Å²) in [7, 11) is 0. The Morgan fingerprint density at radius 3 is 2.40 bits per heavy atom. The van der Waals surface area contributed by atoms with Crippen LogP contribution in [0.1, 0.15) is 45.0 Å². The molecule has 1 aromatic carbocycles. The standard InChI is InChI=1S/C17H24N2O/c1-11-7-6-8-12(9-11)14-18-10-13(20)19(14)15-16(2,3)17(15,4)5/h6-9,14-15,18H,10H2,1-5H3. The Morgan fingerprint density at radius 2 is 1.85 bits per heavy atom. The fourth-order valence-corrected chi connectivity index (χ4v) is 3.79. The Kier molecular flexibility index (Phi) is 2.78.